The number of carbonyl (C=O) groups excluding carboxylic acids is 1. The summed E-state index contributed by atoms with van der Waals surface area (Å²) in [5.41, 5.74) is 2.25. The van der Waals surface area contributed by atoms with Gasteiger partial charge in [0.1, 0.15) is 5.76 Å². The molecule has 0 aliphatic heterocycles. The number of nitrogens with zero attached hydrogens (tertiary/aromatic N) is 3. The van der Waals surface area contributed by atoms with Crippen molar-refractivity contribution in [2.24, 2.45) is 0 Å². The van der Waals surface area contributed by atoms with Crippen LogP contribution in [0.4, 0.5) is 16.6 Å². The Morgan fingerprint density at radius 2 is 2.08 bits per heavy atom. The van der Waals surface area contributed by atoms with Crippen LogP contribution in [0.5, 0.6) is 0 Å². The molecule has 0 spiro atoms. The second-order valence-electron chi connectivity index (χ2n) is 5.21. The molecule has 2 heterocycles. The molecule has 0 bridgehead atoms. The van der Waals surface area contributed by atoms with Crippen LogP contribution in [0, 0.1) is 6.92 Å². The molecule has 1 aromatic carbocycles. The molecular formula is C16H17N5O2S2. The molecule has 0 aliphatic carbocycles. The van der Waals surface area contributed by atoms with Gasteiger partial charge in [0.05, 0.1) is 5.75 Å². The number of nitrogens with one attached hydrogen (secondary N) is 2. The molecule has 7 nitrogen and oxygen atoms in total. The normalized spacial score (nSPS) is 10.6. The SMILES string of the molecule is CCc1ccc(Nc2nnc(SCC(=O)Nc3cc(C)on3)s2)cc1. The fourth-order valence-corrected chi connectivity index (χ4v) is 3.57. The maximum atomic E-state index is 11.9. The fraction of sp³-hybridized carbons (Fsp3) is 0.250. The molecule has 9 heteroatoms. The van der Waals surface area contributed by atoms with Gasteiger partial charge in [-0.05, 0) is 31.0 Å². The van der Waals surface area contributed by atoms with Crippen molar-refractivity contribution in [3.05, 3.63) is 41.7 Å². The van der Waals surface area contributed by atoms with Gasteiger partial charge < -0.3 is 15.2 Å². The first kappa shape index (κ1) is 17.4. The second-order valence-corrected chi connectivity index (χ2v) is 7.41. The maximum Gasteiger partial charge on any atom is 0.236 e. The number of benzene rings is 1. The number of rotatable bonds is 7. The maximum absolute atomic E-state index is 11.9. The highest BCUT2D eigenvalue weighted by atomic mass is 32.2. The molecule has 0 saturated carbocycles. The van der Waals surface area contributed by atoms with E-state index in [0.29, 0.717) is 16.7 Å². The quantitative estimate of drug-likeness (QED) is 0.605. The molecular weight excluding hydrogens is 358 g/mol. The molecule has 0 atom stereocenters. The number of aromatic nitrogens is 3. The van der Waals surface area contributed by atoms with E-state index in [2.05, 4.69) is 45.0 Å². The monoisotopic (exact) mass is 375 g/mol. The van der Waals surface area contributed by atoms with Gasteiger partial charge in [0.25, 0.3) is 0 Å². The molecule has 2 N–H and O–H groups in total. The number of thioether (sulfide) groups is 1. The van der Waals surface area contributed by atoms with Crippen LogP contribution in [0.15, 0.2) is 39.2 Å². The standard InChI is InChI=1S/C16H17N5O2S2/c1-3-11-4-6-12(7-5-11)17-15-19-20-16(25-15)24-9-14(22)18-13-8-10(2)23-21-13/h4-8H,3,9H2,1-2H3,(H,17,19)(H,18,21,22). The average molecular weight is 375 g/mol. The first-order valence-corrected chi connectivity index (χ1v) is 9.48. The number of hydrogen-bond acceptors (Lipinski definition) is 8. The van der Waals surface area contributed by atoms with Gasteiger partial charge in [-0.25, -0.2) is 0 Å². The molecule has 130 valence electrons. The minimum atomic E-state index is -0.168. The Labute approximate surface area is 153 Å². The molecule has 0 unspecified atom stereocenters. The van der Waals surface area contributed by atoms with E-state index in [1.54, 1.807) is 13.0 Å². The zero-order chi connectivity index (χ0) is 17.6. The summed E-state index contributed by atoms with van der Waals surface area (Å²) in [6, 6.07) is 9.85. The number of amides is 1. The first-order valence-electron chi connectivity index (χ1n) is 7.68. The van der Waals surface area contributed by atoms with Crippen LogP contribution in [0.1, 0.15) is 18.2 Å². The summed E-state index contributed by atoms with van der Waals surface area (Å²) in [5, 5.41) is 18.5. The molecule has 0 saturated heterocycles. The van der Waals surface area contributed by atoms with Crippen LogP contribution in [-0.4, -0.2) is 27.0 Å². The van der Waals surface area contributed by atoms with Crippen molar-refractivity contribution in [3.63, 3.8) is 0 Å². The first-order chi connectivity index (χ1) is 12.1. The Balaban J connectivity index is 1.50. The minimum absolute atomic E-state index is 0.168. The van der Waals surface area contributed by atoms with Gasteiger partial charge in [-0.3, -0.25) is 4.79 Å². The molecule has 0 radical (unpaired) electrons. The van der Waals surface area contributed by atoms with Crippen molar-refractivity contribution in [2.45, 2.75) is 24.6 Å². The average Bonchev–Trinajstić information content (AvgIpc) is 3.22. The van der Waals surface area contributed by atoms with E-state index < -0.39 is 0 Å². The summed E-state index contributed by atoms with van der Waals surface area (Å²) >= 11 is 2.73. The third kappa shape index (κ3) is 5.04. The Bertz CT molecular complexity index is 844. The molecule has 3 rings (SSSR count). The molecule has 0 fully saturated rings. The third-order valence-corrected chi connectivity index (χ3v) is 5.21. The lowest BCUT2D eigenvalue weighted by Crippen LogP contribution is -2.14. The van der Waals surface area contributed by atoms with Crippen molar-refractivity contribution < 1.29 is 9.32 Å². The van der Waals surface area contributed by atoms with E-state index in [0.717, 1.165) is 16.4 Å². The van der Waals surface area contributed by atoms with E-state index in [9.17, 15) is 4.79 Å². The van der Waals surface area contributed by atoms with Gasteiger partial charge in [0.15, 0.2) is 10.2 Å². The Hall–Kier alpha value is -2.39. The van der Waals surface area contributed by atoms with Crippen LogP contribution in [0.2, 0.25) is 0 Å². The Kier molecular flexibility index (Phi) is 5.67. The summed E-state index contributed by atoms with van der Waals surface area (Å²) in [5.74, 6) is 1.12. The summed E-state index contributed by atoms with van der Waals surface area (Å²) < 4.78 is 5.62. The predicted octanol–water partition coefficient (Wildman–Crippen LogP) is 3.87. The van der Waals surface area contributed by atoms with E-state index in [-0.39, 0.29) is 11.7 Å². The smallest absolute Gasteiger partial charge is 0.236 e. The third-order valence-electron chi connectivity index (χ3n) is 3.24. The largest absolute Gasteiger partial charge is 0.360 e. The predicted molar refractivity (Wildman–Crippen MR) is 99.6 cm³/mol. The summed E-state index contributed by atoms with van der Waals surface area (Å²) in [4.78, 5) is 11.9. The molecule has 3 aromatic rings. The number of hydrogen-bond donors (Lipinski definition) is 2. The van der Waals surface area contributed by atoms with Crippen LogP contribution in [0.25, 0.3) is 0 Å². The van der Waals surface area contributed by atoms with Gasteiger partial charge in [0, 0.05) is 11.8 Å². The Morgan fingerprint density at radius 1 is 1.28 bits per heavy atom. The van der Waals surface area contributed by atoms with Crippen LogP contribution in [0.3, 0.4) is 0 Å². The van der Waals surface area contributed by atoms with Gasteiger partial charge in [-0.15, -0.1) is 10.2 Å². The zero-order valence-electron chi connectivity index (χ0n) is 13.8. The molecule has 0 aliphatic rings. The lowest BCUT2D eigenvalue weighted by Gasteiger charge is -2.02. The zero-order valence-corrected chi connectivity index (χ0v) is 15.4. The Morgan fingerprint density at radius 3 is 2.76 bits per heavy atom. The lowest BCUT2D eigenvalue weighted by atomic mass is 10.1. The molecule has 25 heavy (non-hydrogen) atoms. The fourth-order valence-electron chi connectivity index (χ4n) is 2.00. The van der Waals surface area contributed by atoms with E-state index in [1.165, 1.54) is 28.7 Å². The van der Waals surface area contributed by atoms with Gasteiger partial charge in [-0.1, -0.05) is 47.3 Å². The second kappa shape index (κ2) is 8.13. The highest BCUT2D eigenvalue weighted by molar-refractivity contribution is 8.01. The van der Waals surface area contributed by atoms with E-state index >= 15 is 0 Å². The van der Waals surface area contributed by atoms with Crippen molar-refractivity contribution >= 4 is 45.6 Å². The van der Waals surface area contributed by atoms with Crippen molar-refractivity contribution in [3.8, 4) is 0 Å². The lowest BCUT2D eigenvalue weighted by molar-refractivity contribution is -0.113. The van der Waals surface area contributed by atoms with Crippen molar-refractivity contribution in [2.75, 3.05) is 16.4 Å². The van der Waals surface area contributed by atoms with E-state index in [1.807, 2.05) is 12.1 Å². The van der Waals surface area contributed by atoms with Gasteiger partial charge >= 0.3 is 0 Å². The topological polar surface area (TPSA) is 92.9 Å². The number of aryl methyl sites for hydroxylation is 2. The minimum Gasteiger partial charge on any atom is -0.360 e. The van der Waals surface area contributed by atoms with Crippen LogP contribution >= 0.6 is 23.1 Å². The summed E-state index contributed by atoms with van der Waals surface area (Å²) in [6.45, 7) is 3.89. The number of carbonyl (C=O) groups is 1. The van der Waals surface area contributed by atoms with Gasteiger partial charge in [0.2, 0.25) is 11.0 Å². The highest BCUT2D eigenvalue weighted by Crippen LogP contribution is 2.27. The summed E-state index contributed by atoms with van der Waals surface area (Å²) in [7, 11) is 0. The van der Waals surface area contributed by atoms with E-state index in [4.69, 9.17) is 4.52 Å². The number of anilines is 3. The summed E-state index contributed by atoms with van der Waals surface area (Å²) in [6.07, 6.45) is 1.01. The van der Waals surface area contributed by atoms with Gasteiger partial charge in [-0.2, -0.15) is 0 Å². The van der Waals surface area contributed by atoms with Crippen LogP contribution in [-0.2, 0) is 11.2 Å². The molecule has 2 aromatic heterocycles. The van der Waals surface area contributed by atoms with Crippen molar-refractivity contribution in [1.82, 2.24) is 15.4 Å². The van der Waals surface area contributed by atoms with Crippen LogP contribution < -0.4 is 10.6 Å². The van der Waals surface area contributed by atoms with Crippen molar-refractivity contribution in [1.29, 1.82) is 0 Å². The highest BCUT2D eigenvalue weighted by Gasteiger charge is 2.10. The molecule has 1 amide bonds.